The van der Waals surface area contributed by atoms with Crippen LogP contribution in [0.15, 0.2) is 134 Å². The molecule has 18 heteroatoms. The van der Waals surface area contributed by atoms with Crippen molar-refractivity contribution < 1.29 is 75.8 Å². The van der Waals surface area contributed by atoms with Gasteiger partial charge in [0.05, 0.1) is 26.4 Å². The van der Waals surface area contributed by atoms with Crippen molar-refractivity contribution in [1.82, 2.24) is 0 Å². The summed E-state index contributed by atoms with van der Waals surface area (Å²) in [4.78, 5) is 58.6. The Morgan fingerprint density at radius 1 is 0.287 bits per heavy atom. The summed E-state index contributed by atoms with van der Waals surface area (Å²) in [5.74, 6) is -1.59. The molecular weight excluding hydrogens is 1310 g/mol. The van der Waals surface area contributed by atoms with Gasteiger partial charge >= 0.3 is 33.6 Å². The second-order valence-electron chi connectivity index (χ2n) is 26.1. The van der Waals surface area contributed by atoms with Crippen LogP contribution in [0.2, 0.25) is 0 Å². The first-order valence-corrected chi connectivity index (χ1v) is 42.5. The van der Waals surface area contributed by atoms with E-state index in [-0.39, 0.29) is 19.3 Å². The molecule has 101 heavy (non-hydrogen) atoms. The maximum Gasteiger partial charge on any atom is 0.472 e. The second kappa shape index (κ2) is 75.4. The van der Waals surface area contributed by atoms with Gasteiger partial charge in [-0.25, -0.2) is 9.13 Å². The fourth-order valence-corrected chi connectivity index (χ4v) is 12.0. The van der Waals surface area contributed by atoms with Crippen molar-refractivity contribution >= 4 is 33.6 Å². The third kappa shape index (κ3) is 76.6. The fraction of sp³-hybridized carbons (Fsp3) is 0.699. The van der Waals surface area contributed by atoms with Gasteiger partial charge in [-0.05, 0) is 116 Å². The molecule has 4 N–H and O–H groups in total. The minimum atomic E-state index is -4.93. The van der Waals surface area contributed by atoms with Gasteiger partial charge in [-0.15, -0.1) is 0 Å². The Bertz CT molecular complexity index is 2370. The molecule has 0 spiro atoms. The van der Waals surface area contributed by atoms with Crippen LogP contribution in [-0.2, 0) is 55.8 Å². The number of carbonyl (C=O) groups excluding carboxylic acids is 3. The summed E-state index contributed by atoms with van der Waals surface area (Å²) in [6, 6.07) is 0. The molecule has 0 aliphatic rings. The van der Waals surface area contributed by atoms with Crippen LogP contribution >= 0.6 is 15.6 Å². The average Bonchev–Trinajstić information content (AvgIpc) is 1.14. The Labute approximate surface area is 614 Å². The van der Waals surface area contributed by atoms with Crippen LogP contribution in [0, 0.1) is 0 Å². The smallest absolute Gasteiger partial charge is 0.463 e. The maximum atomic E-state index is 13.0. The molecule has 0 rings (SSSR count). The molecule has 0 aliphatic carbocycles. The van der Waals surface area contributed by atoms with Gasteiger partial charge in [0.2, 0.25) is 0 Å². The molecule has 0 aromatic heterocycles. The van der Waals surface area contributed by atoms with Crippen molar-refractivity contribution in [3.63, 3.8) is 0 Å². The molecule has 5 unspecified atom stereocenters. The number of rotatable bonds is 74. The minimum absolute atomic E-state index is 0.101. The quantitative estimate of drug-likeness (QED) is 0.0146. The van der Waals surface area contributed by atoms with Crippen molar-refractivity contribution in [3.8, 4) is 0 Å². The van der Waals surface area contributed by atoms with E-state index < -0.39 is 91.5 Å². The average molecular weight is 1460 g/mol. The normalized spacial score (nSPS) is 14.7. The second-order valence-corrected chi connectivity index (χ2v) is 29.0. The fourth-order valence-electron chi connectivity index (χ4n) is 10.4. The molecule has 0 saturated carbocycles. The van der Waals surface area contributed by atoms with Gasteiger partial charge < -0.3 is 34.2 Å². The van der Waals surface area contributed by atoms with Crippen molar-refractivity contribution in [1.29, 1.82) is 0 Å². The van der Waals surface area contributed by atoms with E-state index in [9.17, 15) is 43.5 Å². The van der Waals surface area contributed by atoms with Crippen LogP contribution in [-0.4, -0.2) is 95.9 Å². The number of allylic oxidation sites excluding steroid dienone is 22. The summed E-state index contributed by atoms with van der Waals surface area (Å²) in [5, 5.41) is 20.6. The van der Waals surface area contributed by atoms with Gasteiger partial charge in [0.15, 0.2) is 6.10 Å². The predicted molar refractivity (Wildman–Crippen MR) is 417 cm³/mol. The maximum absolute atomic E-state index is 13.0. The summed E-state index contributed by atoms with van der Waals surface area (Å²) in [6.45, 7) is 2.45. The number of carbonyl (C=O) groups is 3. The zero-order valence-corrected chi connectivity index (χ0v) is 65.1. The molecule has 0 radical (unpaired) electrons. The van der Waals surface area contributed by atoms with Crippen LogP contribution in [0.25, 0.3) is 0 Å². The van der Waals surface area contributed by atoms with Gasteiger partial charge in [0.1, 0.15) is 25.4 Å². The van der Waals surface area contributed by atoms with Crippen molar-refractivity contribution in [2.24, 2.45) is 0 Å². The van der Waals surface area contributed by atoms with Gasteiger partial charge in [-0.3, -0.25) is 32.5 Å². The van der Waals surface area contributed by atoms with Crippen LogP contribution in [0.5, 0.6) is 0 Å². The SMILES string of the molecule is CC/C=C\C/C=C\C/C=C\C/C=C\C/C=C\C/C=C\CCCCCCCCCCCCC(=O)OCC(O)COP(=O)(O)OCC(O)COP(=O)(O)OCC(COC(=O)CCCCCCC/C=C\C/C=C\C/C=C\C/C=C\C/C=C\CC)OC(=O)CCCCCCCCCCCCCCCCC. The lowest BCUT2D eigenvalue weighted by Crippen LogP contribution is -2.30. The van der Waals surface area contributed by atoms with Crippen molar-refractivity contribution in [2.75, 3.05) is 39.6 Å². The highest BCUT2D eigenvalue weighted by atomic mass is 31.2. The lowest BCUT2D eigenvalue weighted by molar-refractivity contribution is -0.161. The number of phosphoric acid groups is 2. The number of aliphatic hydroxyl groups is 2. The van der Waals surface area contributed by atoms with Crippen LogP contribution in [0.1, 0.15) is 316 Å². The molecule has 0 bridgehead atoms. The molecule has 0 aromatic rings. The Balaban J connectivity index is 4.56. The standard InChI is InChI=1S/C83H142O16P2/c1-4-7-10-13-16-19-22-25-28-30-32-34-35-36-37-38-39-40-41-43-45-46-49-51-54-57-60-63-66-69-81(86)93-72-78(84)73-95-100(89,90)96-74-79(85)75-97-101(91,92)98-77-80(99-83(88)71-68-65-62-59-56-53-48-27-24-21-18-15-12-9-6-3)76-94-82(87)70-67-64-61-58-55-52-50-47-44-42-33-31-29-26-23-20-17-14-11-8-5-2/h7-8,10-11,16-17,19-20,25-26,28-29,32-34,36-37,39-40,42,47,50,78-80,84-85H,4-6,9,12-15,18,21-24,27,30-31,35,38,41,43-46,48-49,51-77H2,1-3H3,(H,89,90)(H,91,92)/b10-7-,11-8-,19-16-,20-17-,28-25-,29-26-,34-32-,37-36-,40-39-,42-33-,50-47-. The predicted octanol–water partition coefficient (Wildman–Crippen LogP) is 23.1. The van der Waals surface area contributed by atoms with Gasteiger partial charge in [0.25, 0.3) is 0 Å². The Morgan fingerprint density at radius 3 is 0.832 bits per heavy atom. The van der Waals surface area contributed by atoms with E-state index in [0.29, 0.717) is 19.3 Å². The highest BCUT2D eigenvalue weighted by molar-refractivity contribution is 7.47. The molecule has 0 heterocycles. The Kier molecular flexibility index (Phi) is 72.2. The summed E-state index contributed by atoms with van der Waals surface area (Å²) in [7, 11) is -9.79. The van der Waals surface area contributed by atoms with Crippen molar-refractivity contribution in [3.05, 3.63) is 134 Å². The molecule has 5 atom stereocenters. The zero-order chi connectivity index (χ0) is 73.7. The summed E-state index contributed by atoms with van der Waals surface area (Å²) in [5.41, 5.74) is 0. The number of hydrogen-bond acceptors (Lipinski definition) is 14. The lowest BCUT2D eigenvalue weighted by atomic mass is 10.0. The van der Waals surface area contributed by atoms with Gasteiger partial charge in [-0.2, -0.15) is 0 Å². The van der Waals surface area contributed by atoms with E-state index in [2.05, 4.69) is 154 Å². The molecule has 0 saturated heterocycles. The monoisotopic (exact) mass is 1460 g/mol. The molecule has 580 valence electrons. The third-order valence-electron chi connectivity index (χ3n) is 16.4. The van der Waals surface area contributed by atoms with E-state index in [1.54, 1.807) is 0 Å². The molecule has 0 aliphatic heterocycles. The summed E-state index contributed by atoms with van der Waals surface area (Å²) >= 11 is 0. The number of esters is 3. The first kappa shape index (κ1) is 96.7. The Morgan fingerprint density at radius 2 is 0.525 bits per heavy atom. The minimum Gasteiger partial charge on any atom is -0.463 e. The number of aliphatic hydroxyl groups excluding tert-OH is 2. The summed E-state index contributed by atoms with van der Waals surface area (Å²) < 4.78 is 61.1. The summed E-state index contributed by atoms with van der Waals surface area (Å²) in [6.07, 6.45) is 90.6. The van der Waals surface area contributed by atoms with E-state index in [1.807, 2.05) is 0 Å². The van der Waals surface area contributed by atoms with Crippen LogP contribution < -0.4 is 0 Å². The zero-order valence-electron chi connectivity index (χ0n) is 63.3. The van der Waals surface area contributed by atoms with Crippen molar-refractivity contribution in [2.45, 2.75) is 334 Å². The Hall–Kier alpha value is -4.31. The molecule has 0 aromatic carbocycles. The molecular formula is C83H142O16P2. The number of unbranched alkanes of at least 4 members (excludes halogenated alkanes) is 29. The lowest BCUT2D eigenvalue weighted by Gasteiger charge is -2.21. The van der Waals surface area contributed by atoms with E-state index >= 15 is 0 Å². The van der Waals surface area contributed by atoms with E-state index in [0.717, 1.165) is 161 Å². The number of phosphoric ester groups is 2. The van der Waals surface area contributed by atoms with E-state index in [1.165, 1.54) is 96.3 Å². The molecule has 0 fully saturated rings. The number of hydrogen-bond donors (Lipinski definition) is 4. The van der Waals surface area contributed by atoms with E-state index in [4.69, 9.17) is 32.3 Å². The number of ether oxygens (including phenoxy) is 3. The van der Waals surface area contributed by atoms with Gasteiger partial charge in [-0.1, -0.05) is 315 Å². The highest BCUT2D eigenvalue weighted by Crippen LogP contribution is 2.45. The molecule has 16 nitrogen and oxygen atoms in total. The van der Waals surface area contributed by atoms with Crippen LogP contribution in [0.4, 0.5) is 0 Å². The van der Waals surface area contributed by atoms with Crippen LogP contribution in [0.3, 0.4) is 0 Å². The third-order valence-corrected chi connectivity index (χ3v) is 18.3. The first-order valence-electron chi connectivity index (χ1n) is 39.5. The largest absolute Gasteiger partial charge is 0.472 e. The topological polar surface area (TPSA) is 231 Å². The highest BCUT2D eigenvalue weighted by Gasteiger charge is 2.29. The first-order chi connectivity index (χ1) is 49.2. The van der Waals surface area contributed by atoms with Gasteiger partial charge in [0, 0.05) is 19.3 Å². The molecule has 0 amide bonds.